The Morgan fingerprint density at radius 1 is 1.20 bits per heavy atom. The number of carboxylic acids is 1. The van der Waals surface area contributed by atoms with Crippen LogP contribution in [0.2, 0.25) is 0 Å². The number of rotatable bonds is 4. The molecule has 0 aliphatic rings. The lowest BCUT2D eigenvalue weighted by atomic mass is 9.98. The molecule has 0 heterocycles. The fourth-order valence-corrected chi connectivity index (χ4v) is 1.89. The molecule has 0 saturated carbocycles. The highest BCUT2D eigenvalue weighted by Gasteiger charge is 2.20. The maximum Gasteiger partial charge on any atom is 0.342 e. The standard InChI is InChI=1S/C14H9NO5/c16-8-10-3-1-2-4-11(10)9-5-6-12(14(17)18)13(7-9)15(19)20/h1-8H,(H,17,18). The van der Waals surface area contributed by atoms with E-state index in [-0.39, 0.29) is 5.56 Å². The summed E-state index contributed by atoms with van der Waals surface area (Å²) in [4.78, 5) is 32.1. The lowest BCUT2D eigenvalue weighted by Crippen LogP contribution is -2.02. The van der Waals surface area contributed by atoms with Crippen LogP contribution in [0.5, 0.6) is 0 Å². The van der Waals surface area contributed by atoms with Crippen LogP contribution in [0.25, 0.3) is 11.1 Å². The minimum atomic E-state index is -1.37. The van der Waals surface area contributed by atoms with Gasteiger partial charge in [0.2, 0.25) is 0 Å². The molecule has 0 radical (unpaired) electrons. The smallest absolute Gasteiger partial charge is 0.342 e. The molecule has 100 valence electrons. The number of nitro groups is 1. The monoisotopic (exact) mass is 271 g/mol. The van der Waals surface area contributed by atoms with Crippen molar-refractivity contribution in [3.05, 3.63) is 63.7 Å². The van der Waals surface area contributed by atoms with Crippen molar-refractivity contribution in [1.82, 2.24) is 0 Å². The van der Waals surface area contributed by atoms with Crippen LogP contribution in [0.1, 0.15) is 20.7 Å². The molecule has 0 fully saturated rings. The van der Waals surface area contributed by atoms with Crippen molar-refractivity contribution in [3.8, 4) is 11.1 Å². The highest BCUT2D eigenvalue weighted by Crippen LogP contribution is 2.29. The molecule has 6 heteroatoms. The topological polar surface area (TPSA) is 97.5 Å². The molecular formula is C14H9NO5. The predicted octanol–water partition coefficient (Wildman–Crippen LogP) is 2.77. The molecule has 6 nitrogen and oxygen atoms in total. The first kappa shape index (κ1) is 13.4. The maximum absolute atomic E-state index is 11.0. The summed E-state index contributed by atoms with van der Waals surface area (Å²) in [6.07, 6.45) is 0.645. The average Bonchev–Trinajstić information content (AvgIpc) is 2.46. The lowest BCUT2D eigenvalue weighted by molar-refractivity contribution is -0.385. The number of carboxylic acid groups (broad SMARTS) is 1. The van der Waals surface area contributed by atoms with Gasteiger partial charge in [-0.15, -0.1) is 0 Å². The van der Waals surface area contributed by atoms with Gasteiger partial charge in [-0.3, -0.25) is 14.9 Å². The summed E-state index contributed by atoms with van der Waals surface area (Å²) in [5, 5.41) is 19.9. The van der Waals surface area contributed by atoms with Gasteiger partial charge in [0.05, 0.1) is 4.92 Å². The van der Waals surface area contributed by atoms with Crippen LogP contribution in [0.4, 0.5) is 5.69 Å². The van der Waals surface area contributed by atoms with Crippen molar-refractivity contribution in [2.45, 2.75) is 0 Å². The van der Waals surface area contributed by atoms with Crippen LogP contribution >= 0.6 is 0 Å². The normalized spacial score (nSPS) is 10.0. The molecule has 2 aromatic carbocycles. The highest BCUT2D eigenvalue weighted by molar-refractivity contribution is 5.94. The molecule has 0 atom stereocenters. The van der Waals surface area contributed by atoms with E-state index in [0.29, 0.717) is 23.0 Å². The zero-order valence-electron chi connectivity index (χ0n) is 10.1. The van der Waals surface area contributed by atoms with Crippen LogP contribution < -0.4 is 0 Å². The van der Waals surface area contributed by atoms with Gasteiger partial charge >= 0.3 is 5.97 Å². The Hall–Kier alpha value is -3.02. The molecule has 0 aliphatic heterocycles. The molecule has 0 aliphatic carbocycles. The summed E-state index contributed by atoms with van der Waals surface area (Å²) in [6.45, 7) is 0. The summed E-state index contributed by atoms with van der Waals surface area (Å²) >= 11 is 0. The van der Waals surface area contributed by atoms with Crippen molar-refractivity contribution in [3.63, 3.8) is 0 Å². The third kappa shape index (κ3) is 2.39. The molecule has 2 aromatic rings. The van der Waals surface area contributed by atoms with Crippen molar-refractivity contribution >= 4 is 17.9 Å². The average molecular weight is 271 g/mol. The minimum Gasteiger partial charge on any atom is -0.477 e. The first-order valence-electron chi connectivity index (χ1n) is 5.61. The summed E-state index contributed by atoms with van der Waals surface area (Å²) < 4.78 is 0. The van der Waals surface area contributed by atoms with E-state index in [1.807, 2.05) is 0 Å². The number of aldehydes is 1. The van der Waals surface area contributed by atoms with Crippen LogP contribution in [0, 0.1) is 10.1 Å². The zero-order chi connectivity index (χ0) is 14.7. The summed E-state index contributed by atoms with van der Waals surface area (Å²) in [5.41, 5.74) is 0.426. The van der Waals surface area contributed by atoms with Gasteiger partial charge in [0.1, 0.15) is 5.56 Å². The van der Waals surface area contributed by atoms with E-state index in [4.69, 9.17) is 5.11 Å². The third-order valence-electron chi connectivity index (χ3n) is 2.82. The second-order valence-electron chi connectivity index (χ2n) is 4.00. The molecule has 0 aromatic heterocycles. The van der Waals surface area contributed by atoms with Crippen molar-refractivity contribution in [1.29, 1.82) is 0 Å². The van der Waals surface area contributed by atoms with Gasteiger partial charge in [-0.2, -0.15) is 0 Å². The van der Waals surface area contributed by atoms with E-state index in [9.17, 15) is 19.7 Å². The molecule has 1 N–H and O–H groups in total. The number of nitro benzene ring substituents is 1. The summed E-state index contributed by atoms with van der Waals surface area (Å²) in [6, 6.07) is 10.4. The van der Waals surface area contributed by atoms with Gasteiger partial charge < -0.3 is 5.11 Å². The molecule has 0 bridgehead atoms. The molecule has 20 heavy (non-hydrogen) atoms. The van der Waals surface area contributed by atoms with E-state index < -0.39 is 16.6 Å². The Morgan fingerprint density at radius 3 is 2.50 bits per heavy atom. The summed E-state index contributed by atoms with van der Waals surface area (Å²) in [5.74, 6) is -1.37. The van der Waals surface area contributed by atoms with Crippen LogP contribution in [-0.2, 0) is 0 Å². The molecule has 0 saturated heterocycles. The third-order valence-corrected chi connectivity index (χ3v) is 2.82. The quantitative estimate of drug-likeness (QED) is 0.523. The molecule has 0 spiro atoms. The Morgan fingerprint density at radius 2 is 1.90 bits per heavy atom. The van der Waals surface area contributed by atoms with Crippen molar-refractivity contribution in [2.75, 3.05) is 0 Å². The Balaban J connectivity index is 2.65. The van der Waals surface area contributed by atoms with Crippen molar-refractivity contribution < 1.29 is 19.6 Å². The molecule has 2 rings (SSSR count). The fourth-order valence-electron chi connectivity index (χ4n) is 1.89. The van der Waals surface area contributed by atoms with Crippen LogP contribution in [0.3, 0.4) is 0 Å². The largest absolute Gasteiger partial charge is 0.477 e. The highest BCUT2D eigenvalue weighted by atomic mass is 16.6. The molecule has 0 amide bonds. The zero-order valence-corrected chi connectivity index (χ0v) is 10.1. The number of carbonyl (C=O) groups excluding carboxylic acids is 1. The number of hydrogen-bond acceptors (Lipinski definition) is 4. The van der Waals surface area contributed by atoms with Gasteiger partial charge in [0.25, 0.3) is 5.69 Å². The van der Waals surface area contributed by atoms with E-state index in [2.05, 4.69) is 0 Å². The second kappa shape index (κ2) is 5.31. The number of nitrogens with zero attached hydrogens (tertiary/aromatic N) is 1. The number of benzene rings is 2. The maximum atomic E-state index is 11.0. The number of hydrogen-bond donors (Lipinski definition) is 1. The van der Waals surface area contributed by atoms with Crippen LogP contribution in [-0.4, -0.2) is 22.3 Å². The Kier molecular flexibility index (Phi) is 3.56. The molecule has 0 unspecified atom stereocenters. The van der Waals surface area contributed by atoms with Crippen LogP contribution in [0.15, 0.2) is 42.5 Å². The van der Waals surface area contributed by atoms with Gasteiger partial charge in [-0.25, -0.2) is 4.79 Å². The predicted molar refractivity (Wildman–Crippen MR) is 70.9 cm³/mol. The fraction of sp³-hybridized carbons (Fsp3) is 0. The van der Waals surface area contributed by atoms with E-state index in [1.165, 1.54) is 6.07 Å². The van der Waals surface area contributed by atoms with Gasteiger partial charge in [0, 0.05) is 11.6 Å². The number of carbonyl (C=O) groups is 2. The van der Waals surface area contributed by atoms with Crippen molar-refractivity contribution in [2.24, 2.45) is 0 Å². The lowest BCUT2D eigenvalue weighted by Gasteiger charge is -2.06. The van der Waals surface area contributed by atoms with Gasteiger partial charge in [-0.05, 0) is 17.2 Å². The van der Waals surface area contributed by atoms with E-state index >= 15 is 0 Å². The first-order chi connectivity index (χ1) is 9.54. The second-order valence-corrected chi connectivity index (χ2v) is 4.00. The van der Waals surface area contributed by atoms with Gasteiger partial charge in [0.15, 0.2) is 6.29 Å². The first-order valence-corrected chi connectivity index (χ1v) is 5.61. The van der Waals surface area contributed by atoms with E-state index in [1.54, 1.807) is 24.3 Å². The Bertz CT molecular complexity index is 708. The number of aromatic carboxylic acids is 1. The minimum absolute atomic E-state index is 0.380. The molecular weight excluding hydrogens is 262 g/mol. The SMILES string of the molecule is O=Cc1ccccc1-c1ccc(C(=O)O)c([N+](=O)[O-])c1. The van der Waals surface area contributed by atoms with E-state index in [0.717, 1.165) is 12.1 Å². The summed E-state index contributed by atoms with van der Waals surface area (Å²) in [7, 11) is 0. The Labute approximate surface area is 113 Å². The van der Waals surface area contributed by atoms with Gasteiger partial charge in [-0.1, -0.05) is 30.3 Å².